The van der Waals surface area contributed by atoms with Crippen molar-refractivity contribution >= 4 is 23.6 Å². The second-order valence-corrected chi connectivity index (χ2v) is 7.03. The fraction of sp³-hybridized carbons (Fsp3) is 0.429. The van der Waals surface area contributed by atoms with Crippen LogP contribution in [-0.2, 0) is 4.79 Å². The number of carbonyl (C=O) groups is 1. The lowest BCUT2D eigenvalue weighted by molar-refractivity contribution is -0.104. The molecule has 3 rings (SSSR count). The molecule has 0 bridgehead atoms. The fourth-order valence-corrected chi connectivity index (χ4v) is 3.53. The first-order valence-electron chi connectivity index (χ1n) is 9.75. The van der Waals surface area contributed by atoms with E-state index in [2.05, 4.69) is 39.7 Å². The molecule has 2 heterocycles. The Balaban J connectivity index is 1.71. The average molecular weight is 383 g/mol. The van der Waals surface area contributed by atoms with Crippen molar-refractivity contribution in [1.82, 2.24) is 4.90 Å². The molecule has 0 aromatic heterocycles. The zero-order chi connectivity index (χ0) is 20.1. The number of aliphatic imine (C=N–C) groups is 1. The minimum absolute atomic E-state index is 0.202. The van der Waals surface area contributed by atoms with E-state index >= 15 is 0 Å². The number of anilines is 2. The highest BCUT2D eigenvalue weighted by Crippen LogP contribution is 2.37. The number of rotatable bonds is 6. The van der Waals surface area contributed by atoms with E-state index in [0.717, 1.165) is 55.2 Å². The number of allylic oxidation sites excluding steroid dienone is 2. The van der Waals surface area contributed by atoms with Gasteiger partial charge in [0.1, 0.15) is 12.4 Å². The number of likely N-dealkylation sites (N-methyl/N-ethyl adjacent to an activating group) is 1. The summed E-state index contributed by atoms with van der Waals surface area (Å²) in [6, 6.07) is 6.36. The van der Waals surface area contributed by atoms with Crippen LogP contribution in [-0.4, -0.2) is 56.0 Å². The number of nitrogens with one attached hydrogen (secondary N) is 1. The summed E-state index contributed by atoms with van der Waals surface area (Å²) in [5.74, 6) is 1.05. The molecule has 0 saturated carbocycles. The molecule has 7 nitrogen and oxygen atoms in total. The molecule has 2 aliphatic heterocycles. The van der Waals surface area contributed by atoms with Crippen LogP contribution >= 0.6 is 0 Å². The summed E-state index contributed by atoms with van der Waals surface area (Å²) in [7, 11) is 0. The molecule has 1 atom stereocenters. The van der Waals surface area contributed by atoms with Gasteiger partial charge in [0.25, 0.3) is 0 Å². The van der Waals surface area contributed by atoms with E-state index < -0.39 is 0 Å². The molecule has 1 saturated heterocycles. The van der Waals surface area contributed by atoms with Gasteiger partial charge in [-0.2, -0.15) is 0 Å². The molecule has 28 heavy (non-hydrogen) atoms. The minimum Gasteiger partial charge on any atom is -0.489 e. The highest BCUT2D eigenvalue weighted by Gasteiger charge is 2.32. The maximum atomic E-state index is 11.1. The third kappa shape index (κ3) is 4.36. The Labute approximate surface area is 166 Å². The number of nitrogens with two attached hydrogens (primary N) is 1. The predicted octanol–water partition coefficient (Wildman–Crippen LogP) is 2.37. The van der Waals surface area contributed by atoms with Crippen LogP contribution in [0.5, 0.6) is 5.75 Å². The quantitative estimate of drug-likeness (QED) is 0.258. The lowest BCUT2D eigenvalue weighted by Crippen LogP contribution is -2.57. The molecule has 1 unspecified atom stereocenters. The average Bonchev–Trinajstić information content (AvgIpc) is 2.73. The Morgan fingerprint density at radius 3 is 2.96 bits per heavy atom. The zero-order valence-electron chi connectivity index (χ0n) is 16.6. The molecular formula is C21H29N5O2. The number of hydrogen-bond acceptors (Lipinski definition) is 5. The summed E-state index contributed by atoms with van der Waals surface area (Å²) in [5, 5.41) is 3.05. The van der Waals surface area contributed by atoms with Crippen LogP contribution in [0.15, 0.2) is 47.1 Å². The van der Waals surface area contributed by atoms with E-state index in [1.807, 2.05) is 19.1 Å². The highest BCUT2D eigenvalue weighted by molar-refractivity contribution is 5.93. The summed E-state index contributed by atoms with van der Waals surface area (Å²) >= 11 is 0. The molecule has 7 heteroatoms. The Bertz CT molecular complexity index is 802. The summed E-state index contributed by atoms with van der Waals surface area (Å²) in [6.07, 6.45) is 2.86. The topological polar surface area (TPSA) is 83.2 Å². The number of fused-ring (bicyclic) bond motifs is 3. The molecule has 0 spiro atoms. The number of carbonyl (C=O) groups excluding carboxylic acids is 1. The smallest absolute Gasteiger partial charge is 0.197 e. The van der Waals surface area contributed by atoms with Crippen molar-refractivity contribution in [3.05, 3.63) is 42.1 Å². The van der Waals surface area contributed by atoms with Crippen LogP contribution < -0.4 is 20.7 Å². The molecule has 0 aliphatic carbocycles. The van der Waals surface area contributed by atoms with Crippen LogP contribution in [0.1, 0.15) is 20.3 Å². The number of ether oxygens (including phenoxy) is 1. The van der Waals surface area contributed by atoms with Gasteiger partial charge in [0.15, 0.2) is 12.2 Å². The molecule has 2 aliphatic rings. The summed E-state index contributed by atoms with van der Waals surface area (Å²) < 4.78 is 6.01. The fourth-order valence-electron chi connectivity index (χ4n) is 3.53. The minimum atomic E-state index is 0.202. The van der Waals surface area contributed by atoms with Crippen molar-refractivity contribution < 1.29 is 9.53 Å². The second kappa shape index (κ2) is 8.93. The van der Waals surface area contributed by atoms with E-state index in [9.17, 15) is 4.79 Å². The summed E-state index contributed by atoms with van der Waals surface area (Å²) in [6.45, 7) is 12.8. The van der Waals surface area contributed by atoms with Crippen LogP contribution in [0.3, 0.4) is 0 Å². The van der Waals surface area contributed by atoms with Crippen LogP contribution in [0.2, 0.25) is 0 Å². The number of piperazine rings is 1. The number of hydrogen-bond donors (Lipinski definition) is 2. The van der Waals surface area contributed by atoms with Gasteiger partial charge in [-0.25, -0.2) is 4.99 Å². The number of aldehydes is 1. The molecule has 0 amide bonds. The largest absolute Gasteiger partial charge is 0.489 e. The molecule has 1 fully saturated rings. The van der Waals surface area contributed by atoms with Crippen molar-refractivity contribution in [2.45, 2.75) is 26.3 Å². The lowest BCUT2D eigenvalue weighted by Gasteiger charge is -2.45. The zero-order valence-corrected chi connectivity index (χ0v) is 16.6. The lowest BCUT2D eigenvalue weighted by atomic mass is 10.1. The number of nitrogens with zero attached hydrogens (tertiary/aromatic N) is 3. The van der Waals surface area contributed by atoms with Gasteiger partial charge in [0.05, 0.1) is 11.7 Å². The van der Waals surface area contributed by atoms with Crippen molar-refractivity contribution in [2.24, 2.45) is 10.7 Å². The van der Waals surface area contributed by atoms with E-state index in [0.29, 0.717) is 24.6 Å². The van der Waals surface area contributed by atoms with Crippen LogP contribution in [0.4, 0.5) is 11.4 Å². The molecule has 150 valence electrons. The Hall–Kier alpha value is -2.80. The van der Waals surface area contributed by atoms with Gasteiger partial charge in [-0.3, -0.25) is 9.69 Å². The first kappa shape index (κ1) is 19.9. The third-order valence-corrected chi connectivity index (χ3v) is 5.29. The molecule has 1 aromatic carbocycles. The van der Waals surface area contributed by atoms with Crippen molar-refractivity contribution in [2.75, 3.05) is 43.0 Å². The first-order valence-corrected chi connectivity index (χ1v) is 9.75. The van der Waals surface area contributed by atoms with Crippen molar-refractivity contribution in [3.8, 4) is 5.75 Å². The maximum absolute atomic E-state index is 11.1. The Kier molecular flexibility index (Phi) is 6.36. The van der Waals surface area contributed by atoms with E-state index in [-0.39, 0.29) is 5.96 Å². The van der Waals surface area contributed by atoms with Gasteiger partial charge in [-0.15, -0.1) is 0 Å². The van der Waals surface area contributed by atoms with Gasteiger partial charge < -0.3 is 20.7 Å². The van der Waals surface area contributed by atoms with Crippen LogP contribution in [0.25, 0.3) is 0 Å². The Morgan fingerprint density at radius 2 is 2.25 bits per heavy atom. The highest BCUT2D eigenvalue weighted by atomic mass is 16.5. The Morgan fingerprint density at radius 1 is 1.43 bits per heavy atom. The normalized spacial score (nSPS) is 20.1. The molecule has 1 aromatic rings. The number of benzene rings is 1. The van der Waals surface area contributed by atoms with Gasteiger partial charge in [-0.1, -0.05) is 20.4 Å². The van der Waals surface area contributed by atoms with Gasteiger partial charge in [-0.05, 0) is 30.7 Å². The van der Waals surface area contributed by atoms with Gasteiger partial charge in [0, 0.05) is 43.2 Å². The third-order valence-electron chi connectivity index (χ3n) is 5.29. The molecular weight excluding hydrogens is 354 g/mol. The van der Waals surface area contributed by atoms with Crippen molar-refractivity contribution in [3.63, 3.8) is 0 Å². The molecule has 3 N–H and O–H groups in total. The monoisotopic (exact) mass is 383 g/mol. The van der Waals surface area contributed by atoms with E-state index in [4.69, 9.17) is 10.5 Å². The predicted molar refractivity (Wildman–Crippen MR) is 114 cm³/mol. The standard InChI is InChI=1S/C21H29N5O2/c1-4-15(3)16(13-27)11-23-21(22)24-17-6-7-19-20(10-17)28-14-18-12-25(5-2)8-9-26(18)19/h6-7,10-11,13,18H,3-5,8-9,12,14H2,1-2H3,(H3,22,23,24)/b16-11-. The van der Waals surface area contributed by atoms with Gasteiger partial charge >= 0.3 is 0 Å². The maximum Gasteiger partial charge on any atom is 0.197 e. The van der Waals surface area contributed by atoms with Gasteiger partial charge in [0.2, 0.25) is 0 Å². The van der Waals surface area contributed by atoms with E-state index in [1.165, 1.54) is 6.20 Å². The summed E-state index contributed by atoms with van der Waals surface area (Å²) in [5.41, 5.74) is 9.04. The first-order chi connectivity index (χ1) is 13.5. The van der Waals surface area contributed by atoms with Crippen molar-refractivity contribution in [1.29, 1.82) is 0 Å². The SMILES string of the molecule is C=C(CC)/C(C=O)=C\N=C(N)Nc1ccc2c(c1)OCC1CN(CC)CCN21. The second-order valence-electron chi connectivity index (χ2n) is 7.03. The summed E-state index contributed by atoms with van der Waals surface area (Å²) in [4.78, 5) is 20.1. The van der Waals surface area contributed by atoms with E-state index in [1.54, 1.807) is 0 Å². The molecule has 0 radical (unpaired) electrons. The van der Waals surface area contributed by atoms with Crippen LogP contribution in [0, 0.1) is 0 Å². The number of guanidine groups is 1.